The van der Waals surface area contributed by atoms with Gasteiger partial charge in [-0.2, -0.15) is 10.5 Å². The van der Waals surface area contributed by atoms with Gasteiger partial charge in [-0.3, -0.25) is 0 Å². The second-order valence-electron chi connectivity index (χ2n) is 7.69. The van der Waals surface area contributed by atoms with Crippen LogP contribution in [0.4, 0.5) is 0 Å². The van der Waals surface area contributed by atoms with E-state index in [2.05, 4.69) is 45.6 Å². The quantitative estimate of drug-likeness (QED) is 0.712. The van der Waals surface area contributed by atoms with Crippen LogP contribution in [0.5, 0.6) is 0 Å². The topological polar surface area (TPSA) is 56.8 Å². The Morgan fingerprint density at radius 3 is 1.89 bits per heavy atom. The van der Waals surface area contributed by atoms with Crippen LogP contribution in [0.15, 0.2) is 0 Å². The molecule has 100 valence electrons. The van der Waals surface area contributed by atoms with Crippen molar-refractivity contribution in [2.45, 2.75) is 65.3 Å². The molecule has 2 unspecified atom stereocenters. The van der Waals surface area contributed by atoms with Crippen molar-refractivity contribution < 1.29 is 4.43 Å². The Balaban J connectivity index is 3.14. The van der Waals surface area contributed by atoms with Crippen LogP contribution >= 0.6 is 0 Å². The summed E-state index contributed by atoms with van der Waals surface area (Å²) in [5, 5.41) is 19.0. The number of hydrogen-bond acceptors (Lipinski definition) is 3. The zero-order chi connectivity index (χ0) is 14.2. The van der Waals surface area contributed by atoms with E-state index in [-0.39, 0.29) is 5.41 Å². The van der Waals surface area contributed by atoms with Crippen molar-refractivity contribution in [2.75, 3.05) is 0 Å². The SMILES string of the molecule is CC1(C)CC(C)(C#N)CC(C#N)(O[Si](C)(C)C)C1. The van der Waals surface area contributed by atoms with E-state index in [0.717, 1.165) is 12.8 Å². The molecule has 0 aromatic rings. The third-order valence-electron chi connectivity index (χ3n) is 3.28. The van der Waals surface area contributed by atoms with Crippen LogP contribution in [0.3, 0.4) is 0 Å². The summed E-state index contributed by atoms with van der Waals surface area (Å²) in [7, 11) is -1.81. The van der Waals surface area contributed by atoms with Crippen LogP contribution in [0, 0.1) is 33.5 Å². The summed E-state index contributed by atoms with van der Waals surface area (Å²) < 4.78 is 6.18. The lowest BCUT2D eigenvalue weighted by Crippen LogP contribution is -2.51. The highest BCUT2D eigenvalue weighted by Crippen LogP contribution is 2.51. The highest BCUT2D eigenvalue weighted by atomic mass is 28.4. The molecule has 0 N–H and O–H groups in total. The average Bonchev–Trinajstić information content (AvgIpc) is 2.11. The lowest BCUT2D eigenvalue weighted by atomic mass is 9.60. The van der Waals surface area contributed by atoms with E-state index in [4.69, 9.17) is 4.43 Å². The molecule has 2 atom stereocenters. The molecule has 0 saturated heterocycles. The van der Waals surface area contributed by atoms with Crippen molar-refractivity contribution in [3.05, 3.63) is 0 Å². The zero-order valence-electron chi connectivity index (χ0n) is 12.4. The minimum Gasteiger partial charge on any atom is -0.400 e. The first-order valence-corrected chi connectivity index (χ1v) is 9.89. The highest BCUT2D eigenvalue weighted by Gasteiger charge is 2.52. The zero-order valence-corrected chi connectivity index (χ0v) is 13.4. The standard InChI is InChI=1S/C14H24N2OSi/c1-12(2)7-13(3,10-15)9-14(8-12,11-16)17-18(4,5)6/h7-9H2,1-6H3. The van der Waals surface area contributed by atoms with Gasteiger partial charge in [0, 0.05) is 6.42 Å². The second kappa shape index (κ2) is 4.37. The Kier molecular flexibility index (Phi) is 3.69. The Bertz CT molecular complexity index is 409. The molecule has 1 rings (SSSR count). The summed E-state index contributed by atoms with van der Waals surface area (Å²) in [6.45, 7) is 12.5. The number of nitriles is 2. The molecule has 0 radical (unpaired) electrons. The van der Waals surface area contributed by atoms with E-state index in [1.807, 2.05) is 6.92 Å². The first-order chi connectivity index (χ1) is 7.95. The predicted molar refractivity (Wildman–Crippen MR) is 74.1 cm³/mol. The molecule has 1 fully saturated rings. The Hall–Kier alpha value is -0.843. The highest BCUT2D eigenvalue weighted by molar-refractivity contribution is 6.69. The van der Waals surface area contributed by atoms with E-state index in [1.54, 1.807) is 0 Å². The largest absolute Gasteiger partial charge is 0.400 e. The number of nitrogens with zero attached hydrogens (tertiary/aromatic N) is 2. The van der Waals surface area contributed by atoms with Crippen molar-refractivity contribution in [2.24, 2.45) is 10.8 Å². The van der Waals surface area contributed by atoms with Gasteiger partial charge in [0.15, 0.2) is 8.32 Å². The van der Waals surface area contributed by atoms with E-state index in [1.165, 1.54) is 0 Å². The van der Waals surface area contributed by atoms with Crippen LogP contribution in [-0.4, -0.2) is 13.9 Å². The van der Waals surface area contributed by atoms with Crippen molar-refractivity contribution in [1.82, 2.24) is 0 Å². The third-order valence-corrected chi connectivity index (χ3v) is 4.29. The van der Waals surface area contributed by atoms with Gasteiger partial charge >= 0.3 is 0 Å². The van der Waals surface area contributed by atoms with Crippen molar-refractivity contribution in [1.29, 1.82) is 10.5 Å². The number of rotatable bonds is 2. The Morgan fingerprint density at radius 1 is 0.944 bits per heavy atom. The monoisotopic (exact) mass is 264 g/mol. The Morgan fingerprint density at radius 2 is 1.50 bits per heavy atom. The summed E-state index contributed by atoms with van der Waals surface area (Å²) >= 11 is 0. The molecule has 0 aromatic heterocycles. The van der Waals surface area contributed by atoms with Gasteiger partial charge in [-0.15, -0.1) is 0 Å². The third kappa shape index (κ3) is 3.57. The van der Waals surface area contributed by atoms with Gasteiger partial charge in [0.2, 0.25) is 0 Å². The molecule has 0 spiro atoms. The molecule has 1 aliphatic rings. The molecule has 1 saturated carbocycles. The van der Waals surface area contributed by atoms with Gasteiger partial charge in [0.25, 0.3) is 0 Å². The molecule has 0 amide bonds. The summed E-state index contributed by atoms with van der Waals surface area (Å²) in [6, 6.07) is 4.78. The molecule has 0 aromatic carbocycles. The lowest BCUT2D eigenvalue weighted by molar-refractivity contribution is -0.0228. The smallest absolute Gasteiger partial charge is 0.185 e. The molecule has 18 heavy (non-hydrogen) atoms. The summed E-state index contributed by atoms with van der Waals surface area (Å²) in [5.41, 5.74) is -1.27. The molecule has 0 aliphatic heterocycles. The molecule has 3 nitrogen and oxygen atoms in total. The molecular formula is C14H24N2OSi. The minimum atomic E-state index is -1.81. The van der Waals surface area contributed by atoms with Gasteiger partial charge in [0.1, 0.15) is 5.60 Å². The van der Waals surface area contributed by atoms with Crippen LogP contribution in [0.1, 0.15) is 40.0 Å². The molecule has 0 bridgehead atoms. The van der Waals surface area contributed by atoms with Crippen LogP contribution < -0.4 is 0 Å². The van der Waals surface area contributed by atoms with Crippen LogP contribution in [0.2, 0.25) is 19.6 Å². The lowest BCUT2D eigenvalue weighted by Gasteiger charge is -2.49. The van der Waals surface area contributed by atoms with E-state index in [0.29, 0.717) is 6.42 Å². The first kappa shape index (κ1) is 15.2. The Labute approximate surface area is 112 Å². The molecule has 4 heteroatoms. The maximum Gasteiger partial charge on any atom is 0.185 e. The molecule has 0 heterocycles. The van der Waals surface area contributed by atoms with E-state index >= 15 is 0 Å². The normalized spacial score (nSPS) is 35.6. The van der Waals surface area contributed by atoms with Crippen molar-refractivity contribution in [3.8, 4) is 12.1 Å². The summed E-state index contributed by atoms with van der Waals surface area (Å²) in [6.07, 6.45) is 2.08. The van der Waals surface area contributed by atoms with Crippen LogP contribution in [0.25, 0.3) is 0 Å². The predicted octanol–water partition coefficient (Wildman–Crippen LogP) is 3.84. The fraction of sp³-hybridized carbons (Fsp3) is 0.857. The molecular weight excluding hydrogens is 240 g/mol. The van der Waals surface area contributed by atoms with Crippen LogP contribution in [-0.2, 0) is 4.43 Å². The summed E-state index contributed by atoms with van der Waals surface area (Å²) in [4.78, 5) is 0. The second-order valence-corrected chi connectivity index (χ2v) is 12.1. The van der Waals surface area contributed by atoms with Crippen molar-refractivity contribution in [3.63, 3.8) is 0 Å². The van der Waals surface area contributed by atoms with Gasteiger partial charge in [0.05, 0.1) is 17.6 Å². The van der Waals surface area contributed by atoms with Crippen molar-refractivity contribution >= 4 is 8.32 Å². The maximum absolute atomic E-state index is 9.60. The van der Waals surface area contributed by atoms with E-state index in [9.17, 15) is 10.5 Å². The fourth-order valence-electron chi connectivity index (χ4n) is 3.49. The van der Waals surface area contributed by atoms with E-state index < -0.39 is 19.3 Å². The maximum atomic E-state index is 9.60. The number of hydrogen-bond donors (Lipinski definition) is 0. The van der Waals surface area contributed by atoms with Gasteiger partial charge in [-0.05, 0) is 44.8 Å². The van der Waals surface area contributed by atoms with Gasteiger partial charge in [-0.1, -0.05) is 13.8 Å². The van der Waals surface area contributed by atoms with Gasteiger partial charge in [-0.25, -0.2) is 0 Å². The average molecular weight is 264 g/mol. The first-order valence-electron chi connectivity index (χ1n) is 6.48. The molecule has 1 aliphatic carbocycles. The van der Waals surface area contributed by atoms with Gasteiger partial charge < -0.3 is 4.43 Å². The minimum absolute atomic E-state index is 0.0297. The summed E-state index contributed by atoms with van der Waals surface area (Å²) in [5.74, 6) is 0. The fourth-order valence-corrected chi connectivity index (χ4v) is 4.85.